The van der Waals surface area contributed by atoms with Gasteiger partial charge in [0.05, 0.1) is 18.5 Å². The maximum atomic E-state index is 13.0. The molecule has 0 bridgehead atoms. The predicted octanol–water partition coefficient (Wildman–Crippen LogP) is 2.88. The number of carbonyl (C=O) groups is 3. The Bertz CT molecular complexity index is 859. The van der Waals surface area contributed by atoms with Gasteiger partial charge in [0, 0.05) is 6.54 Å². The van der Waals surface area contributed by atoms with Crippen LogP contribution in [-0.4, -0.2) is 35.2 Å². The van der Waals surface area contributed by atoms with Crippen molar-refractivity contribution in [2.45, 2.75) is 25.8 Å². The number of amides is 3. The van der Waals surface area contributed by atoms with Crippen molar-refractivity contribution in [3.8, 4) is 0 Å². The van der Waals surface area contributed by atoms with E-state index in [0.29, 0.717) is 5.69 Å². The molecule has 1 atom stereocenters. The van der Waals surface area contributed by atoms with Gasteiger partial charge in [-0.25, -0.2) is 4.90 Å². The average Bonchev–Trinajstić information content (AvgIpc) is 2.95. The number of hydrogen-bond donors (Lipinski definition) is 0. The van der Waals surface area contributed by atoms with E-state index in [4.69, 9.17) is 0 Å². The van der Waals surface area contributed by atoms with Gasteiger partial charge < -0.3 is 4.90 Å². The molecule has 1 aliphatic rings. The van der Waals surface area contributed by atoms with E-state index in [1.54, 1.807) is 18.2 Å². The Balaban J connectivity index is 1.82. The summed E-state index contributed by atoms with van der Waals surface area (Å²) in [6.07, 6.45) is 1.74. The molecule has 5 nitrogen and oxygen atoms in total. The number of imide groups is 1. The molecule has 1 heterocycles. The largest absolute Gasteiger partial charge is 0.326 e. The first kappa shape index (κ1) is 18.6. The van der Waals surface area contributed by atoms with Gasteiger partial charge in [-0.1, -0.05) is 54.1 Å². The summed E-state index contributed by atoms with van der Waals surface area (Å²) < 4.78 is 0. The second-order valence-corrected chi connectivity index (χ2v) is 6.62. The quantitative estimate of drug-likeness (QED) is 0.586. The molecule has 138 valence electrons. The highest BCUT2D eigenvalue weighted by Gasteiger charge is 2.43. The first-order chi connectivity index (χ1) is 13.0. The van der Waals surface area contributed by atoms with Crippen LogP contribution in [0.15, 0.2) is 67.3 Å². The highest BCUT2D eigenvalue weighted by molar-refractivity contribution is 6.23. The van der Waals surface area contributed by atoms with Crippen molar-refractivity contribution in [1.29, 1.82) is 0 Å². The third-order valence-electron chi connectivity index (χ3n) is 4.64. The van der Waals surface area contributed by atoms with Crippen molar-refractivity contribution in [1.82, 2.24) is 4.90 Å². The van der Waals surface area contributed by atoms with E-state index in [1.807, 2.05) is 49.4 Å². The summed E-state index contributed by atoms with van der Waals surface area (Å²) in [5.74, 6) is -0.861. The van der Waals surface area contributed by atoms with Crippen LogP contribution in [0.4, 0.5) is 5.69 Å². The Morgan fingerprint density at radius 1 is 1.15 bits per heavy atom. The van der Waals surface area contributed by atoms with E-state index in [2.05, 4.69) is 6.58 Å². The molecule has 0 spiro atoms. The van der Waals surface area contributed by atoms with E-state index in [1.165, 1.54) is 9.80 Å². The molecular formula is C22H22N2O3. The van der Waals surface area contributed by atoms with Crippen LogP contribution in [0.25, 0.3) is 0 Å². The van der Waals surface area contributed by atoms with E-state index in [9.17, 15) is 14.4 Å². The minimum Gasteiger partial charge on any atom is -0.326 e. The molecule has 5 heteroatoms. The van der Waals surface area contributed by atoms with E-state index in [-0.39, 0.29) is 37.1 Å². The standard InChI is InChI=1S/C22H22N2O3/c1-3-13-23(20(25)14-17-7-5-4-6-8-17)19-15-21(26)24(22(19)27)18-11-9-16(2)10-12-18/h3-12,19H,1,13-15H2,2H3. The minimum absolute atomic E-state index is 0.0128. The molecular weight excluding hydrogens is 340 g/mol. The van der Waals surface area contributed by atoms with Crippen molar-refractivity contribution in [3.63, 3.8) is 0 Å². The number of hydrogen-bond acceptors (Lipinski definition) is 3. The fourth-order valence-corrected chi connectivity index (χ4v) is 3.24. The van der Waals surface area contributed by atoms with Gasteiger partial charge in [0.2, 0.25) is 11.8 Å². The van der Waals surface area contributed by atoms with Gasteiger partial charge in [-0.3, -0.25) is 14.4 Å². The number of aryl methyl sites for hydroxylation is 1. The summed E-state index contributed by atoms with van der Waals surface area (Å²) in [7, 11) is 0. The SMILES string of the molecule is C=CCN(C(=O)Cc1ccccc1)C1CC(=O)N(c2ccc(C)cc2)C1=O. The molecule has 0 aromatic heterocycles. The fraction of sp³-hybridized carbons (Fsp3) is 0.227. The molecule has 3 amide bonds. The topological polar surface area (TPSA) is 57.7 Å². The molecule has 27 heavy (non-hydrogen) atoms. The van der Waals surface area contributed by atoms with Crippen molar-refractivity contribution in [2.24, 2.45) is 0 Å². The van der Waals surface area contributed by atoms with Gasteiger partial charge in [-0.05, 0) is 24.6 Å². The highest BCUT2D eigenvalue weighted by atomic mass is 16.2. The normalized spacial score (nSPS) is 16.5. The molecule has 1 fully saturated rings. The maximum Gasteiger partial charge on any atom is 0.257 e. The molecule has 0 radical (unpaired) electrons. The Morgan fingerprint density at radius 3 is 2.44 bits per heavy atom. The van der Waals surface area contributed by atoms with Crippen LogP contribution in [0.5, 0.6) is 0 Å². The Morgan fingerprint density at radius 2 is 1.81 bits per heavy atom. The Kier molecular flexibility index (Phi) is 5.50. The van der Waals surface area contributed by atoms with Gasteiger partial charge in [0.25, 0.3) is 5.91 Å². The van der Waals surface area contributed by atoms with Crippen LogP contribution in [0, 0.1) is 6.92 Å². The number of rotatable bonds is 6. The first-order valence-electron chi connectivity index (χ1n) is 8.89. The summed E-state index contributed by atoms with van der Waals surface area (Å²) >= 11 is 0. The summed E-state index contributed by atoms with van der Waals surface area (Å²) in [6.45, 7) is 5.85. The summed E-state index contributed by atoms with van der Waals surface area (Å²) in [4.78, 5) is 40.9. The van der Waals surface area contributed by atoms with Gasteiger partial charge in [0.1, 0.15) is 6.04 Å². The van der Waals surface area contributed by atoms with Crippen LogP contribution in [-0.2, 0) is 20.8 Å². The van der Waals surface area contributed by atoms with Gasteiger partial charge >= 0.3 is 0 Å². The minimum atomic E-state index is -0.798. The van der Waals surface area contributed by atoms with E-state index in [0.717, 1.165) is 11.1 Å². The lowest BCUT2D eigenvalue weighted by atomic mass is 10.1. The van der Waals surface area contributed by atoms with E-state index >= 15 is 0 Å². The number of anilines is 1. The first-order valence-corrected chi connectivity index (χ1v) is 8.89. The molecule has 0 N–H and O–H groups in total. The van der Waals surface area contributed by atoms with E-state index < -0.39 is 6.04 Å². The molecule has 0 saturated carbocycles. The number of carbonyl (C=O) groups excluding carboxylic acids is 3. The fourth-order valence-electron chi connectivity index (χ4n) is 3.24. The number of nitrogens with zero attached hydrogens (tertiary/aromatic N) is 2. The van der Waals surface area contributed by atoms with Gasteiger partial charge in [0.15, 0.2) is 0 Å². The Hall–Kier alpha value is -3.21. The van der Waals surface area contributed by atoms with Crippen LogP contribution in [0.3, 0.4) is 0 Å². The zero-order chi connectivity index (χ0) is 19.4. The van der Waals surface area contributed by atoms with Crippen LogP contribution in [0.1, 0.15) is 17.5 Å². The Labute approximate surface area is 158 Å². The predicted molar refractivity (Wildman–Crippen MR) is 104 cm³/mol. The van der Waals surface area contributed by atoms with Crippen molar-refractivity contribution < 1.29 is 14.4 Å². The molecule has 1 saturated heterocycles. The molecule has 1 unspecified atom stereocenters. The van der Waals surface area contributed by atoms with Gasteiger partial charge in [-0.15, -0.1) is 6.58 Å². The molecule has 2 aromatic carbocycles. The van der Waals surface area contributed by atoms with Crippen LogP contribution in [0.2, 0.25) is 0 Å². The van der Waals surface area contributed by atoms with Crippen LogP contribution < -0.4 is 4.90 Å². The smallest absolute Gasteiger partial charge is 0.257 e. The second-order valence-electron chi connectivity index (χ2n) is 6.62. The van der Waals surface area contributed by atoms with Crippen LogP contribution >= 0.6 is 0 Å². The summed E-state index contributed by atoms with van der Waals surface area (Å²) in [5, 5.41) is 0. The maximum absolute atomic E-state index is 13.0. The molecule has 2 aromatic rings. The summed E-state index contributed by atoms with van der Waals surface area (Å²) in [6, 6.07) is 15.7. The molecule has 3 rings (SSSR count). The third kappa shape index (κ3) is 3.97. The average molecular weight is 362 g/mol. The van der Waals surface area contributed by atoms with Crippen molar-refractivity contribution in [3.05, 3.63) is 78.4 Å². The lowest BCUT2D eigenvalue weighted by Gasteiger charge is -2.26. The lowest BCUT2D eigenvalue weighted by Crippen LogP contribution is -2.46. The molecule has 1 aliphatic heterocycles. The second kappa shape index (κ2) is 7.99. The van der Waals surface area contributed by atoms with Crippen molar-refractivity contribution >= 4 is 23.4 Å². The van der Waals surface area contributed by atoms with Crippen molar-refractivity contribution in [2.75, 3.05) is 11.4 Å². The lowest BCUT2D eigenvalue weighted by molar-refractivity contribution is -0.137. The molecule has 0 aliphatic carbocycles. The van der Waals surface area contributed by atoms with Gasteiger partial charge in [-0.2, -0.15) is 0 Å². The monoisotopic (exact) mass is 362 g/mol. The highest BCUT2D eigenvalue weighted by Crippen LogP contribution is 2.26. The number of benzene rings is 2. The zero-order valence-electron chi connectivity index (χ0n) is 15.3. The zero-order valence-corrected chi connectivity index (χ0v) is 15.3. The summed E-state index contributed by atoms with van der Waals surface area (Å²) in [5.41, 5.74) is 2.44. The third-order valence-corrected chi connectivity index (χ3v) is 4.64.